The predicted octanol–water partition coefficient (Wildman–Crippen LogP) is 0.979. The largest absolute Gasteiger partial charge is 0.480 e. The van der Waals surface area contributed by atoms with Crippen LogP contribution in [0.25, 0.3) is 0 Å². The van der Waals surface area contributed by atoms with Crippen LogP contribution in [0.5, 0.6) is 5.95 Å². The van der Waals surface area contributed by atoms with Crippen LogP contribution in [0.15, 0.2) is 15.3 Å². The summed E-state index contributed by atoms with van der Waals surface area (Å²) in [5.41, 5.74) is -0.133. The van der Waals surface area contributed by atoms with Gasteiger partial charge in [-0.2, -0.15) is 0 Å². The highest BCUT2D eigenvalue weighted by atomic mass is 16.6. The molecule has 0 unspecified atom stereocenters. The number of esters is 2. The van der Waals surface area contributed by atoms with Gasteiger partial charge in [0.05, 0.1) is 11.7 Å². The zero-order valence-corrected chi connectivity index (χ0v) is 13.0. The van der Waals surface area contributed by atoms with Crippen LogP contribution in [0.3, 0.4) is 0 Å². The lowest BCUT2D eigenvalue weighted by Gasteiger charge is -2.17. The third kappa shape index (κ3) is 4.10. The molecule has 0 spiro atoms. The first-order valence-corrected chi connectivity index (χ1v) is 7.07. The quantitative estimate of drug-likeness (QED) is 0.815. The average Bonchev–Trinajstić information content (AvgIpc) is 2.82. The molecule has 2 rings (SSSR count). The summed E-state index contributed by atoms with van der Waals surface area (Å²) in [6, 6.07) is 1.46. The van der Waals surface area contributed by atoms with Crippen molar-refractivity contribution in [2.45, 2.75) is 45.5 Å². The Morgan fingerprint density at radius 2 is 2.04 bits per heavy atom. The van der Waals surface area contributed by atoms with Gasteiger partial charge in [-0.05, 0) is 13.0 Å². The van der Waals surface area contributed by atoms with E-state index in [1.165, 1.54) is 19.9 Å². The Kier molecular flexibility index (Phi) is 5.05. The minimum atomic E-state index is -0.729. The number of hydrogen-bond donors (Lipinski definition) is 1. The van der Waals surface area contributed by atoms with E-state index in [9.17, 15) is 19.5 Å². The van der Waals surface area contributed by atoms with Crippen LogP contribution in [-0.4, -0.2) is 35.9 Å². The molecule has 1 saturated heterocycles. The summed E-state index contributed by atoms with van der Waals surface area (Å²) in [7, 11) is 0. The predicted molar refractivity (Wildman–Crippen MR) is 75.8 cm³/mol. The van der Waals surface area contributed by atoms with Gasteiger partial charge in [0, 0.05) is 25.8 Å². The smallest absolute Gasteiger partial charge is 0.344 e. The molecule has 0 aromatic carbocycles. The second-order valence-corrected chi connectivity index (χ2v) is 5.33. The van der Waals surface area contributed by atoms with Gasteiger partial charge >= 0.3 is 17.6 Å². The Hall–Kier alpha value is -2.35. The van der Waals surface area contributed by atoms with Gasteiger partial charge in [-0.25, -0.2) is 4.79 Å². The molecule has 23 heavy (non-hydrogen) atoms. The van der Waals surface area contributed by atoms with Crippen molar-refractivity contribution in [2.75, 3.05) is 6.61 Å². The fraction of sp³-hybridized carbons (Fsp3) is 0.533. The van der Waals surface area contributed by atoms with Crippen LogP contribution in [0.1, 0.15) is 37.5 Å². The van der Waals surface area contributed by atoms with Crippen molar-refractivity contribution in [2.24, 2.45) is 0 Å². The number of aryl methyl sites for hydroxylation is 1. The molecule has 1 aromatic rings. The Morgan fingerprint density at radius 3 is 2.65 bits per heavy atom. The SMILES string of the molecule is CC(=O)OC[C@@H]1O[C@H](c2cc(C)c(O)oc2=O)C[C@H]1OC(C)=O. The number of rotatable bonds is 4. The van der Waals surface area contributed by atoms with E-state index >= 15 is 0 Å². The van der Waals surface area contributed by atoms with Crippen LogP contribution < -0.4 is 5.63 Å². The Morgan fingerprint density at radius 1 is 1.35 bits per heavy atom. The lowest BCUT2D eigenvalue weighted by Crippen LogP contribution is -2.31. The topological polar surface area (TPSA) is 112 Å². The van der Waals surface area contributed by atoms with Crippen molar-refractivity contribution in [3.8, 4) is 5.95 Å². The third-order valence-corrected chi connectivity index (χ3v) is 3.45. The molecule has 1 N–H and O–H groups in total. The summed E-state index contributed by atoms with van der Waals surface area (Å²) >= 11 is 0. The number of carbonyl (C=O) groups is 2. The molecule has 8 nitrogen and oxygen atoms in total. The highest BCUT2D eigenvalue weighted by molar-refractivity contribution is 5.66. The van der Waals surface area contributed by atoms with Crippen molar-refractivity contribution >= 4 is 11.9 Å². The molecule has 1 aliphatic rings. The van der Waals surface area contributed by atoms with Gasteiger partial charge in [0.15, 0.2) is 0 Å². The minimum absolute atomic E-state index is 0.0911. The average molecular weight is 326 g/mol. The van der Waals surface area contributed by atoms with Gasteiger partial charge in [-0.3, -0.25) is 9.59 Å². The fourth-order valence-corrected chi connectivity index (χ4v) is 2.41. The van der Waals surface area contributed by atoms with E-state index in [1.807, 2.05) is 0 Å². The molecule has 1 aliphatic heterocycles. The molecule has 0 radical (unpaired) electrons. The maximum Gasteiger partial charge on any atom is 0.344 e. The highest BCUT2D eigenvalue weighted by Gasteiger charge is 2.40. The molecular weight excluding hydrogens is 308 g/mol. The number of hydrogen-bond acceptors (Lipinski definition) is 8. The second-order valence-electron chi connectivity index (χ2n) is 5.33. The molecule has 2 heterocycles. The van der Waals surface area contributed by atoms with E-state index in [0.29, 0.717) is 5.56 Å². The summed E-state index contributed by atoms with van der Waals surface area (Å²) < 4.78 is 20.5. The summed E-state index contributed by atoms with van der Waals surface area (Å²) in [6.45, 7) is 4.00. The van der Waals surface area contributed by atoms with Crippen LogP contribution in [0.4, 0.5) is 0 Å². The number of aromatic hydroxyl groups is 1. The number of carbonyl (C=O) groups excluding carboxylic acids is 2. The van der Waals surface area contributed by atoms with Crippen molar-refractivity contribution in [3.63, 3.8) is 0 Å². The van der Waals surface area contributed by atoms with Crippen LogP contribution >= 0.6 is 0 Å². The van der Waals surface area contributed by atoms with Crippen molar-refractivity contribution in [1.29, 1.82) is 0 Å². The van der Waals surface area contributed by atoms with Crippen LogP contribution in [0.2, 0.25) is 0 Å². The van der Waals surface area contributed by atoms with E-state index in [4.69, 9.17) is 18.6 Å². The van der Waals surface area contributed by atoms with Gasteiger partial charge in [-0.1, -0.05) is 0 Å². The molecule has 1 aromatic heterocycles. The van der Waals surface area contributed by atoms with E-state index < -0.39 is 41.8 Å². The standard InChI is InChI=1S/C15H18O8/c1-7-4-10(15(19)23-14(7)18)11-5-12(21-9(3)17)13(22-11)6-20-8(2)16/h4,11-13,18H,5-6H2,1-3H3/t11-,12+,13-/m0/s1. The Bertz CT molecular complexity index is 662. The van der Waals surface area contributed by atoms with Gasteiger partial charge in [0.2, 0.25) is 0 Å². The van der Waals surface area contributed by atoms with Crippen molar-refractivity contribution in [3.05, 3.63) is 27.6 Å². The molecule has 3 atom stereocenters. The lowest BCUT2D eigenvalue weighted by atomic mass is 10.1. The second kappa shape index (κ2) is 6.82. The lowest BCUT2D eigenvalue weighted by molar-refractivity contribution is -0.154. The maximum absolute atomic E-state index is 11.9. The third-order valence-electron chi connectivity index (χ3n) is 3.45. The van der Waals surface area contributed by atoms with E-state index in [0.717, 1.165) is 0 Å². The fourth-order valence-electron chi connectivity index (χ4n) is 2.41. The number of ether oxygens (including phenoxy) is 3. The molecular formula is C15H18O8. The maximum atomic E-state index is 11.9. The first-order valence-electron chi connectivity index (χ1n) is 7.07. The minimum Gasteiger partial charge on any atom is -0.480 e. The van der Waals surface area contributed by atoms with E-state index in [1.54, 1.807) is 6.92 Å². The Labute approximate surface area is 131 Å². The molecule has 0 amide bonds. The van der Waals surface area contributed by atoms with E-state index in [2.05, 4.69) is 0 Å². The highest BCUT2D eigenvalue weighted by Crippen LogP contribution is 2.34. The molecule has 1 fully saturated rings. The van der Waals surface area contributed by atoms with Crippen LogP contribution in [-0.2, 0) is 23.8 Å². The normalized spacial score (nSPS) is 23.5. The van der Waals surface area contributed by atoms with Gasteiger partial charge in [0.1, 0.15) is 18.8 Å². The van der Waals surface area contributed by atoms with Gasteiger partial charge in [0.25, 0.3) is 5.95 Å². The molecule has 0 saturated carbocycles. The molecule has 126 valence electrons. The zero-order chi connectivity index (χ0) is 17.1. The van der Waals surface area contributed by atoms with E-state index in [-0.39, 0.29) is 18.6 Å². The van der Waals surface area contributed by atoms with Gasteiger partial charge in [-0.15, -0.1) is 0 Å². The zero-order valence-electron chi connectivity index (χ0n) is 13.0. The van der Waals surface area contributed by atoms with Crippen LogP contribution in [0, 0.1) is 6.92 Å². The monoisotopic (exact) mass is 326 g/mol. The van der Waals surface area contributed by atoms with Crippen molar-refractivity contribution in [1.82, 2.24) is 0 Å². The summed E-state index contributed by atoms with van der Waals surface area (Å²) in [4.78, 5) is 34.0. The first kappa shape index (κ1) is 17.0. The molecule has 0 bridgehead atoms. The van der Waals surface area contributed by atoms with Crippen molar-refractivity contribution < 1.29 is 33.3 Å². The molecule has 8 heteroatoms. The molecule has 0 aliphatic carbocycles. The summed E-state index contributed by atoms with van der Waals surface area (Å²) in [5, 5.41) is 9.40. The Balaban J connectivity index is 2.21. The summed E-state index contributed by atoms with van der Waals surface area (Å²) in [5.74, 6) is -1.44. The summed E-state index contributed by atoms with van der Waals surface area (Å²) in [6.07, 6.45) is -1.79. The first-order chi connectivity index (χ1) is 10.8. The van der Waals surface area contributed by atoms with Gasteiger partial charge < -0.3 is 23.7 Å².